The number of furan rings is 1. The van der Waals surface area contributed by atoms with Crippen molar-refractivity contribution >= 4 is 0 Å². The first kappa shape index (κ1) is 13.3. The van der Waals surface area contributed by atoms with Gasteiger partial charge < -0.3 is 14.5 Å². The average molecular weight is 225 g/mol. The summed E-state index contributed by atoms with van der Waals surface area (Å²) in [4.78, 5) is 0. The summed E-state index contributed by atoms with van der Waals surface area (Å²) in [5.41, 5.74) is 0. The Balaban J connectivity index is 2.19. The molecule has 1 N–H and O–H groups in total. The first-order valence-corrected chi connectivity index (χ1v) is 6.08. The van der Waals surface area contributed by atoms with Crippen LogP contribution in [0.15, 0.2) is 16.5 Å². The highest BCUT2D eigenvalue weighted by atomic mass is 16.5. The van der Waals surface area contributed by atoms with E-state index in [1.807, 2.05) is 12.1 Å². The topological polar surface area (TPSA) is 34.4 Å². The minimum Gasteiger partial charge on any atom is -0.462 e. The second kappa shape index (κ2) is 7.47. The van der Waals surface area contributed by atoms with Crippen molar-refractivity contribution in [1.29, 1.82) is 0 Å². The molecular weight excluding hydrogens is 202 g/mol. The molecule has 0 aliphatic carbocycles. The van der Waals surface area contributed by atoms with E-state index in [2.05, 4.69) is 26.1 Å². The first-order chi connectivity index (χ1) is 7.72. The summed E-state index contributed by atoms with van der Waals surface area (Å²) in [5.74, 6) is 2.59. The van der Waals surface area contributed by atoms with Crippen LogP contribution in [0.1, 0.15) is 38.7 Å². The minimum atomic E-state index is 0.582. The molecule has 3 heteroatoms. The Kier molecular flexibility index (Phi) is 6.19. The van der Waals surface area contributed by atoms with Crippen LogP contribution in [0, 0.1) is 5.92 Å². The third kappa shape index (κ3) is 5.33. The second-order valence-electron chi connectivity index (χ2n) is 4.38. The van der Waals surface area contributed by atoms with Gasteiger partial charge in [0.1, 0.15) is 18.1 Å². The van der Waals surface area contributed by atoms with Gasteiger partial charge in [-0.05, 0) is 31.0 Å². The number of nitrogens with one attached hydrogen (secondary N) is 1. The number of hydrogen-bond donors (Lipinski definition) is 1. The molecule has 0 bridgehead atoms. The van der Waals surface area contributed by atoms with Crippen molar-refractivity contribution in [3.8, 4) is 0 Å². The van der Waals surface area contributed by atoms with Gasteiger partial charge in [-0.25, -0.2) is 0 Å². The Morgan fingerprint density at radius 3 is 2.75 bits per heavy atom. The van der Waals surface area contributed by atoms with E-state index in [9.17, 15) is 0 Å². The molecule has 0 unspecified atom stereocenters. The molecule has 0 aliphatic rings. The summed E-state index contributed by atoms with van der Waals surface area (Å²) in [6, 6.07) is 3.99. The second-order valence-corrected chi connectivity index (χ2v) is 4.38. The van der Waals surface area contributed by atoms with Gasteiger partial charge in [0.2, 0.25) is 0 Å². The molecule has 1 rings (SSSR count). The lowest BCUT2D eigenvalue weighted by Gasteiger charge is -2.04. The minimum absolute atomic E-state index is 0.582. The fraction of sp³-hybridized carbons (Fsp3) is 0.692. The summed E-state index contributed by atoms with van der Waals surface area (Å²) in [6.07, 6.45) is 1.10. The standard InChI is InChI=1S/C13H23NO2/c1-4-14-9-12-5-6-13(16-12)10-15-8-7-11(2)3/h5-6,11,14H,4,7-10H2,1-3H3. The van der Waals surface area contributed by atoms with Crippen molar-refractivity contribution in [2.75, 3.05) is 13.2 Å². The first-order valence-electron chi connectivity index (χ1n) is 6.08. The lowest BCUT2D eigenvalue weighted by atomic mass is 10.1. The zero-order valence-electron chi connectivity index (χ0n) is 10.6. The Morgan fingerprint density at radius 2 is 2.06 bits per heavy atom. The molecule has 0 aromatic carbocycles. The molecule has 3 nitrogen and oxygen atoms in total. The molecule has 0 saturated heterocycles. The van der Waals surface area contributed by atoms with Gasteiger partial charge in [-0.2, -0.15) is 0 Å². The Morgan fingerprint density at radius 1 is 1.31 bits per heavy atom. The summed E-state index contributed by atoms with van der Waals surface area (Å²) in [6.45, 7) is 9.62. The van der Waals surface area contributed by atoms with Crippen molar-refractivity contribution in [3.05, 3.63) is 23.7 Å². The molecule has 0 fully saturated rings. The summed E-state index contributed by atoms with van der Waals surface area (Å²) in [7, 11) is 0. The quantitative estimate of drug-likeness (QED) is 0.691. The molecule has 0 atom stereocenters. The number of hydrogen-bond acceptors (Lipinski definition) is 3. The fourth-order valence-corrected chi connectivity index (χ4v) is 1.33. The molecule has 1 aromatic heterocycles. The van der Waals surface area contributed by atoms with Crippen LogP contribution >= 0.6 is 0 Å². The zero-order chi connectivity index (χ0) is 11.8. The van der Waals surface area contributed by atoms with Gasteiger partial charge in [0.05, 0.1) is 6.54 Å². The molecule has 1 aromatic rings. The predicted molar refractivity (Wildman–Crippen MR) is 65.2 cm³/mol. The van der Waals surface area contributed by atoms with Crippen LogP contribution in [0.2, 0.25) is 0 Å². The van der Waals surface area contributed by atoms with Gasteiger partial charge in [-0.15, -0.1) is 0 Å². The lowest BCUT2D eigenvalue weighted by Crippen LogP contribution is -2.10. The molecule has 0 spiro atoms. The van der Waals surface area contributed by atoms with Crippen LogP contribution < -0.4 is 5.32 Å². The zero-order valence-corrected chi connectivity index (χ0v) is 10.6. The average Bonchev–Trinajstić information content (AvgIpc) is 2.69. The fourth-order valence-electron chi connectivity index (χ4n) is 1.33. The van der Waals surface area contributed by atoms with Crippen molar-refractivity contribution in [3.63, 3.8) is 0 Å². The number of rotatable bonds is 8. The van der Waals surface area contributed by atoms with Crippen LogP contribution in [0.5, 0.6) is 0 Å². The Labute approximate surface area is 98.2 Å². The molecule has 16 heavy (non-hydrogen) atoms. The third-order valence-electron chi connectivity index (χ3n) is 2.35. The summed E-state index contributed by atoms with van der Waals surface area (Å²) in [5, 5.41) is 3.23. The van der Waals surface area contributed by atoms with E-state index in [0.29, 0.717) is 12.5 Å². The largest absolute Gasteiger partial charge is 0.462 e. The van der Waals surface area contributed by atoms with Crippen LogP contribution in [0.25, 0.3) is 0 Å². The number of ether oxygens (including phenoxy) is 1. The predicted octanol–water partition coefficient (Wildman–Crippen LogP) is 2.95. The highest BCUT2D eigenvalue weighted by Gasteiger charge is 2.02. The van der Waals surface area contributed by atoms with Crippen molar-refractivity contribution in [2.45, 2.75) is 40.3 Å². The highest BCUT2D eigenvalue weighted by Crippen LogP contribution is 2.09. The maximum absolute atomic E-state index is 5.61. The molecule has 92 valence electrons. The van der Waals surface area contributed by atoms with E-state index in [-0.39, 0.29) is 0 Å². The van der Waals surface area contributed by atoms with Crippen LogP contribution in [0.3, 0.4) is 0 Å². The van der Waals surface area contributed by atoms with Gasteiger partial charge in [-0.3, -0.25) is 0 Å². The van der Waals surface area contributed by atoms with Crippen LogP contribution in [-0.2, 0) is 17.9 Å². The maximum Gasteiger partial charge on any atom is 0.129 e. The van der Waals surface area contributed by atoms with E-state index >= 15 is 0 Å². The van der Waals surface area contributed by atoms with E-state index in [1.54, 1.807) is 0 Å². The van der Waals surface area contributed by atoms with Gasteiger partial charge >= 0.3 is 0 Å². The van der Waals surface area contributed by atoms with Crippen molar-refractivity contribution in [2.24, 2.45) is 5.92 Å². The van der Waals surface area contributed by atoms with Gasteiger partial charge in [0.25, 0.3) is 0 Å². The maximum atomic E-state index is 5.61. The van der Waals surface area contributed by atoms with E-state index in [1.165, 1.54) is 0 Å². The van der Waals surface area contributed by atoms with E-state index in [0.717, 1.165) is 37.6 Å². The molecule has 0 amide bonds. The molecule has 0 saturated carbocycles. The van der Waals surface area contributed by atoms with Crippen molar-refractivity contribution < 1.29 is 9.15 Å². The van der Waals surface area contributed by atoms with Crippen LogP contribution in [-0.4, -0.2) is 13.2 Å². The van der Waals surface area contributed by atoms with Gasteiger partial charge in [0, 0.05) is 6.61 Å². The van der Waals surface area contributed by atoms with E-state index < -0.39 is 0 Å². The molecule has 0 aliphatic heterocycles. The SMILES string of the molecule is CCNCc1ccc(COCCC(C)C)o1. The molecule has 1 heterocycles. The monoisotopic (exact) mass is 225 g/mol. The Bertz CT molecular complexity index is 281. The highest BCUT2D eigenvalue weighted by molar-refractivity contribution is 5.06. The van der Waals surface area contributed by atoms with Gasteiger partial charge in [0.15, 0.2) is 0 Å². The Hall–Kier alpha value is -0.800. The summed E-state index contributed by atoms with van der Waals surface area (Å²) < 4.78 is 11.1. The lowest BCUT2D eigenvalue weighted by molar-refractivity contribution is 0.0960. The smallest absolute Gasteiger partial charge is 0.129 e. The molecular formula is C13H23NO2. The van der Waals surface area contributed by atoms with E-state index in [4.69, 9.17) is 9.15 Å². The van der Waals surface area contributed by atoms with Crippen LogP contribution in [0.4, 0.5) is 0 Å². The third-order valence-corrected chi connectivity index (χ3v) is 2.35. The molecule has 0 radical (unpaired) electrons. The van der Waals surface area contributed by atoms with Crippen molar-refractivity contribution in [1.82, 2.24) is 5.32 Å². The van der Waals surface area contributed by atoms with Gasteiger partial charge in [-0.1, -0.05) is 20.8 Å². The summed E-state index contributed by atoms with van der Waals surface area (Å²) >= 11 is 0. The normalized spacial score (nSPS) is 11.2.